The zero-order valence-electron chi connectivity index (χ0n) is 19.7. The first-order valence-corrected chi connectivity index (χ1v) is 11.8. The molecule has 1 fully saturated rings. The van der Waals surface area contributed by atoms with Crippen LogP contribution in [0.4, 0.5) is 4.79 Å². The number of nitrogens with zero attached hydrogens (tertiary/aromatic N) is 4. The van der Waals surface area contributed by atoms with Crippen LogP contribution in [0.3, 0.4) is 0 Å². The number of likely N-dealkylation sites (tertiary alicyclic amines) is 1. The van der Waals surface area contributed by atoms with Crippen LogP contribution in [-0.2, 0) is 6.42 Å². The number of benzene rings is 2. The molecular formula is C26H27N5O4. The van der Waals surface area contributed by atoms with Crippen molar-refractivity contribution in [3.05, 3.63) is 53.1 Å². The average molecular weight is 474 g/mol. The highest BCUT2D eigenvalue weighted by Crippen LogP contribution is 2.38. The van der Waals surface area contributed by atoms with E-state index in [1.54, 1.807) is 23.1 Å². The van der Waals surface area contributed by atoms with Gasteiger partial charge in [-0.25, -0.2) is 4.79 Å². The lowest BCUT2D eigenvalue weighted by Crippen LogP contribution is -2.40. The number of rotatable bonds is 5. The highest BCUT2D eigenvalue weighted by molar-refractivity contribution is 5.76. The summed E-state index contributed by atoms with van der Waals surface area (Å²) in [6, 6.07) is 13.0. The topological polar surface area (TPSA) is 125 Å². The molecule has 180 valence electrons. The van der Waals surface area contributed by atoms with E-state index < -0.39 is 6.10 Å². The summed E-state index contributed by atoms with van der Waals surface area (Å²) in [5, 5.41) is 26.6. The molecule has 0 radical (unpaired) electrons. The van der Waals surface area contributed by atoms with E-state index in [9.17, 15) is 15.2 Å². The highest BCUT2D eigenvalue weighted by Gasteiger charge is 2.31. The molecule has 9 nitrogen and oxygen atoms in total. The predicted molar refractivity (Wildman–Crippen MR) is 127 cm³/mol. The molecule has 5 rings (SSSR count). The lowest BCUT2D eigenvalue weighted by Gasteiger charge is -2.21. The van der Waals surface area contributed by atoms with Crippen molar-refractivity contribution in [3.8, 4) is 34.7 Å². The number of nitrogens with one attached hydrogen (secondary N) is 1. The van der Waals surface area contributed by atoms with Gasteiger partial charge in [-0.1, -0.05) is 23.4 Å². The molecule has 1 aromatic heterocycles. The molecule has 0 unspecified atom stereocenters. The Morgan fingerprint density at radius 2 is 2.17 bits per heavy atom. The summed E-state index contributed by atoms with van der Waals surface area (Å²) in [6.07, 6.45) is 1.69. The third-order valence-corrected chi connectivity index (χ3v) is 6.40. The van der Waals surface area contributed by atoms with Crippen molar-refractivity contribution in [1.29, 1.82) is 5.26 Å². The molecule has 9 heteroatoms. The number of hydrogen-bond acceptors (Lipinski definition) is 7. The summed E-state index contributed by atoms with van der Waals surface area (Å²) in [5.41, 5.74) is 4.04. The summed E-state index contributed by atoms with van der Waals surface area (Å²) in [6.45, 7) is 4.75. The molecular weight excluding hydrogens is 446 g/mol. The van der Waals surface area contributed by atoms with Crippen molar-refractivity contribution in [2.24, 2.45) is 0 Å². The lowest BCUT2D eigenvalue weighted by molar-refractivity contribution is 0.170. The number of β-amino-alcohol motifs (C(OH)–C–C–N with tert-alkyl or cyclic N) is 1. The first-order valence-electron chi connectivity index (χ1n) is 11.8. The van der Waals surface area contributed by atoms with E-state index >= 15 is 0 Å². The molecule has 3 aromatic rings. The van der Waals surface area contributed by atoms with E-state index in [0.717, 1.165) is 29.5 Å². The molecule has 2 atom stereocenters. The first-order chi connectivity index (χ1) is 16.9. The lowest BCUT2D eigenvalue weighted by atomic mass is 10.0. The summed E-state index contributed by atoms with van der Waals surface area (Å²) in [4.78, 5) is 18.9. The number of fused-ring (bicyclic) bond motifs is 1. The predicted octanol–water partition coefficient (Wildman–Crippen LogP) is 3.83. The van der Waals surface area contributed by atoms with Gasteiger partial charge in [0.2, 0.25) is 5.82 Å². The van der Waals surface area contributed by atoms with Crippen molar-refractivity contribution in [2.45, 2.75) is 51.4 Å². The first kappa shape index (κ1) is 22.9. The molecule has 0 bridgehead atoms. The number of nitriles is 1. The molecule has 1 saturated heterocycles. The quantitative estimate of drug-likeness (QED) is 0.577. The Hall–Kier alpha value is -3.90. The van der Waals surface area contributed by atoms with Crippen LogP contribution in [-0.4, -0.2) is 51.5 Å². The number of aromatic nitrogens is 2. The molecule has 35 heavy (non-hydrogen) atoms. The van der Waals surface area contributed by atoms with Gasteiger partial charge in [0.15, 0.2) is 0 Å². The number of urea groups is 1. The summed E-state index contributed by atoms with van der Waals surface area (Å²) in [5.74, 6) is 1.30. The van der Waals surface area contributed by atoms with Crippen molar-refractivity contribution in [3.63, 3.8) is 0 Å². The van der Waals surface area contributed by atoms with Gasteiger partial charge in [-0.3, -0.25) is 0 Å². The maximum atomic E-state index is 12.6. The second-order valence-corrected chi connectivity index (χ2v) is 9.22. The van der Waals surface area contributed by atoms with Gasteiger partial charge in [-0.15, -0.1) is 0 Å². The van der Waals surface area contributed by atoms with Crippen LogP contribution in [0.25, 0.3) is 22.8 Å². The minimum Gasteiger partial charge on any atom is -0.490 e. The molecule has 2 amide bonds. The van der Waals surface area contributed by atoms with Gasteiger partial charge in [0.1, 0.15) is 11.8 Å². The minimum absolute atomic E-state index is 0.0429. The van der Waals surface area contributed by atoms with Gasteiger partial charge < -0.3 is 24.6 Å². The number of carbonyl (C=O) groups is 1. The van der Waals surface area contributed by atoms with E-state index in [2.05, 4.69) is 21.5 Å². The monoisotopic (exact) mass is 473 g/mol. The Labute approximate surface area is 203 Å². The number of amides is 2. The molecule has 2 aliphatic rings. The van der Waals surface area contributed by atoms with Crippen molar-refractivity contribution < 1.29 is 19.2 Å². The van der Waals surface area contributed by atoms with Crippen LogP contribution in [0.5, 0.6) is 5.75 Å². The van der Waals surface area contributed by atoms with Gasteiger partial charge in [0.25, 0.3) is 5.89 Å². The highest BCUT2D eigenvalue weighted by atomic mass is 16.5. The van der Waals surface area contributed by atoms with Crippen molar-refractivity contribution >= 4 is 6.03 Å². The van der Waals surface area contributed by atoms with Gasteiger partial charge in [0, 0.05) is 24.2 Å². The van der Waals surface area contributed by atoms with E-state index in [-0.39, 0.29) is 18.2 Å². The van der Waals surface area contributed by atoms with Gasteiger partial charge in [-0.2, -0.15) is 10.2 Å². The second-order valence-electron chi connectivity index (χ2n) is 9.22. The fourth-order valence-corrected chi connectivity index (χ4v) is 4.74. The summed E-state index contributed by atoms with van der Waals surface area (Å²) in [7, 11) is 0. The Bertz CT molecular complexity index is 1300. The Balaban J connectivity index is 1.37. The SMILES string of the molecule is CC(C)Oc1ccc(-c2nc(-c3cccc4c3CC[C@@H]4NC(=O)N3CC[C@H](O)C3)no2)cc1C#N. The van der Waals surface area contributed by atoms with Crippen molar-refractivity contribution in [2.75, 3.05) is 13.1 Å². The van der Waals surface area contributed by atoms with Crippen LogP contribution in [0, 0.1) is 11.3 Å². The fourth-order valence-electron chi connectivity index (χ4n) is 4.74. The number of aliphatic hydroxyl groups excluding tert-OH is 1. The van der Waals surface area contributed by atoms with Crippen LogP contribution < -0.4 is 10.1 Å². The summed E-state index contributed by atoms with van der Waals surface area (Å²) >= 11 is 0. The van der Waals surface area contributed by atoms with Crippen LogP contribution >= 0.6 is 0 Å². The van der Waals surface area contributed by atoms with E-state index in [0.29, 0.717) is 48.1 Å². The third-order valence-electron chi connectivity index (χ3n) is 6.40. The largest absolute Gasteiger partial charge is 0.490 e. The second kappa shape index (κ2) is 9.39. The molecule has 1 aliphatic carbocycles. The summed E-state index contributed by atoms with van der Waals surface area (Å²) < 4.78 is 11.2. The standard InChI is InChI=1S/C26H27N5O4/c1-15(2)34-23-9-6-16(12-17(23)13-27)25-29-24(30-35-25)21-5-3-4-20-19(21)7-8-22(20)28-26(33)31-11-10-18(32)14-31/h3-6,9,12,15,18,22,32H,7-8,10-11,14H2,1-2H3,(H,28,33)/t18-,22-/m0/s1. The number of carbonyl (C=O) groups excluding carboxylic acids is 1. The molecule has 2 heterocycles. The normalized spacial score (nSPS) is 19.0. The minimum atomic E-state index is -0.446. The van der Waals surface area contributed by atoms with E-state index in [4.69, 9.17) is 9.26 Å². The zero-order chi connectivity index (χ0) is 24.5. The number of hydrogen-bond donors (Lipinski definition) is 2. The van der Waals surface area contributed by atoms with E-state index in [1.807, 2.05) is 32.0 Å². The number of aliphatic hydroxyl groups is 1. The zero-order valence-corrected chi connectivity index (χ0v) is 19.7. The molecule has 2 N–H and O–H groups in total. The van der Waals surface area contributed by atoms with Gasteiger partial charge in [0.05, 0.1) is 23.8 Å². The van der Waals surface area contributed by atoms with E-state index in [1.165, 1.54) is 0 Å². The van der Waals surface area contributed by atoms with Crippen molar-refractivity contribution in [1.82, 2.24) is 20.4 Å². The molecule has 0 saturated carbocycles. The molecule has 2 aromatic carbocycles. The van der Waals surface area contributed by atoms with Crippen LogP contribution in [0.2, 0.25) is 0 Å². The fraction of sp³-hybridized carbons (Fsp3) is 0.385. The number of ether oxygens (including phenoxy) is 1. The maximum absolute atomic E-state index is 12.6. The average Bonchev–Trinajstić information content (AvgIpc) is 3.59. The van der Waals surface area contributed by atoms with Gasteiger partial charge >= 0.3 is 6.03 Å². The molecule has 1 aliphatic heterocycles. The Kier molecular flexibility index (Phi) is 6.14. The van der Waals surface area contributed by atoms with Crippen LogP contribution in [0.15, 0.2) is 40.9 Å². The maximum Gasteiger partial charge on any atom is 0.317 e. The molecule has 0 spiro atoms. The smallest absolute Gasteiger partial charge is 0.317 e. The Morgan fingerprint density at radius 3 is 2.91 bits per heavy atom. The van der Waals surface area contributed by atoms with Crippen LogP contribution in [0.1, 0.15) is 49.4 Å². The van der Waals surface area contributed by atoms with Gasteiger partial charge in [-0.05, 0) is 62.4 Å². The Morgan fingerprint density at radius 1 is 1.31 bits per heavy atom. The third kappa shape index (κ3) is 4.57.